The first-order valence-electron chi connectivity index (χ1n) is 9.81. The van der Waals surface area contributed by atoms with E-state index in [1.807, 2.05) is 0 Å². The number of carboxylic acid groups (broad SMARTS) is 1. The monoisotopic (exact) mass is 458 g/mol. The zero-order chi connectivity index (χ0) is 23.8. The van der Waals surface area contributed by atoms with E-state index in [0.717, 1.165) is 0 Å². The van der Waals surface area contributed by atoms with Gasteiger partial charge in [0.15, 0.2) is 0 Å². The Kier molecular flexibility index (Phi) is 7.63. The molecule has 0 atom stereocenters. The van der Waals surface area contributed by atoms with Crippen molar-refractivity contribution in [3.05, 3.63) is 35.9 Å². The number of carbonyl (C=O) groups is 1. The molecule has 3 aromatic rings. The van der Waals surface area contributed by atoms with Gasteiger partial charge in [0, 0.05) is 0 Å². The van der Waals surface area contributed by atoms with Crippen molar-refractivity contribution < 1.29 is 38.3 Å². The second-order valence-corrected chi connectivity index (χ2v) is 6.07. The van der Waals surface area contributed by atoms with Crippen molar-refractivity contribution in [1.29, 1.82) is 0 Å². The summed E-state index contributed by atoms with van der Waals surface area (Å²) in [6.45, 7) is 4.29. The Morgan fingerprint density at radius 1 is 0.788 bits per heavy atom. The number of hydrogen-bond donors (Lipinski definition) is 1. The van der Waals surface area contributed by atoms with Gasteiger partial charge in [-0.15, -0.1) is 0 Å². The maximum atomic E-state index is 12.1. The molecule has 0 aliphatic carbocycles. The topological polar surface area (TPSA) is 144 Å². The number of hydrogen-bond acceptors (Lipinski definition) is 11. The number of methoxy groups -OCH3 is 2. The van der Waals surface area contributed by atoms with Gasteiger partial charge in [-0.25, -0.2) is 4.79 Å². The molecule has 1 aromatic carbocycles. The summed E-state index contributed by atoms with van der Waals surface area (Å²) in [5.41, 5.74) is -0.300. The van der Waals surface area contributed by atoms with E-state index in [4.69, 9.17) is 28.4 Å². The lowest BCUT2D eigenvalue weighted by Crippen LogP contribution is -2.06. The molecule has 0 radical (unpaired) electrons. The molecule has 2 heterocycles. The molecular formula is C21H22N4O8. The molecule has 174 valence electrons. The number of carboxylic acids is 1. The molecule has 0 unspecified atom stereocenters. The predicted octanol–water partition coefficient (Wildman–Crippen LogP) is 3.36. The van der Waals surface area contributed by atoms with Crippen molar-refractivity contribution in [2.45, 2.75) is 13.8 Å². The molecule has 0 saturated heterocycles. The molecule has 0 aliphatic heterocycles. The summed E-state index contributed by atoms with van der Waals surface area (Å²) in [7, 11) is 2.84. The molecule has 33 heavy (non-hydrogen) atoms. The van der Waals surface area contributed by atoms with Crippen LogP contribution in [0.2, 0.25) is 0 Å². The van der Waals surface area contributed by atoms with Crippen molar-refractivity contribution in [3.63, 3.8) is 0 Å². The minimum Gasteiger partial charge on any atom is -0.481 e. The standard InChI is InChI=1S/C21H22N4O8/c1-5-30-16-10-14(28-3)22-20(24-16)32-12-8-7-9-13(18(12)19(26)27)33-21-23-15(29-4)11-17(25-21)31-6-2/h7-11H,5-6H2,1-4H3,(H,26,27). The van der Waals surface area contributed by atoms with Gasteiger partial charge in [0.05, 0.1) is 39.6 Å². The van der Waals surface area contributed by atoms with Crippen LogP contribution in [-0.2, 0) is 0 Å². The smallest absolute Gasteiger partial charge is 0.343 e. The number of nitrogens with zero attached hydrogens (tertiary/aromatic N) is 4. The Morgan fingerprint density at radius 3 is 1.58 bits per heavy atom. The highest BCUT2D eigenvalue weighted by Gasteiger charge is 2.22. The highest BCUT2D eigenvalue weighted by atomic mass is 16.5. The van der Waals surface area contributed by atoms with Gasteiger partial charge in [0.1, 0.15) is 17.1 Å². The first-order valence-corrected chi connectivity index (χ1v) is 9.81. The third-order valence-electron chi connectivity index (χ3n) is 3.92. The SMILES string of the molecule is CCOc1cc(OC)nc(Oc2cccc(Oc3nc(OC)cc(OCC)n3)c2C(=O)O)n1. The van der Waals surface area contributed by atoms with Gasteiger partial charge >= 0.3 is 18.0 Å². The van der Waals surface area contributed by atoms with Crippen LogP contribution in [0, 0.1) is 0 Å². The van der Waals surface area contributed by atoms with Gasteiger partial charge in [-0.3, -0.25) is 0 Å². The summed E-state index contributed by atoms with van der Waals surface area (Å²) in [5, 5.41) is 9.84. The van der Waals surface area contributed by atoms with Gasteiger partial charge in [0.25, 0.3) is 0 Å². The minimum absolute atomic E-state index is 0.0800. The molecular weight excluding hydrogens is 436 g/mol. The Balaban J connectivity index is 1.98. The molecule has 0 fully saturated rings. The second kappa shape index (κ2) is 10.8. The van der Waals surface area contributed by atoms with Crippen LogP contribution >= 0.6 is 0 Å². The average Bonchev–Trinajstić information content (AvgIpc) is 2.79. The Bertz CT molecular complexity index is 1050. The largest absolute Gasteiger partial charge is 0.481 e. The maximum absolute atomic E-state index is 12.1. The van der Waals surface area contributed by atoms with E-state index in [1.165, 1.54) is 44.6 Å². The molecule has 0 amide bonds. The zero-order valence-corrected chi connectivity index (χ0v) is 18.4. The molecule has 1 N–H and O–H groups in total. The van der Waals surface area contributed by atoms with Crippen molar-refractivity contribution in [2.24, 2.45) is 0 Å². The Hall–Kier alpha value is -4.35. The van der Waals surface area contributed by atoms with Gasteiger partial charge in [-0.1, -0.05) is 6.07 Å². The van der Waals surface area contributed by atoms with Crippen LogP contribution in [0.25, 0.3) is 0 Å². The molecule has 2 aromatic heterocycles. The summed E-state index contributed by atoms with van der Waals surface area (Å²) < 4.78 is 32.3. The molecule has 0 bridgehead atoms. The lowest BCUT2D eigenvalue weighted by molar-refractivity contribution is 0.0691. The maximum Gasteiger partial charge on any atom is 0.343 e. The van der Waals surface area contributed by atoms with E-state index < -0.39 is 5.97 Å². The van der Waals surface area contributed by atoms with Crippen LogP contribution < -0.4 is 28.4 Å². The third kappa shape index (κ3) is 5.87. The van der Waals surface area contributed by atoms with Crippen molar-refractivity contribution in [1.82, 2.24) is 19.9 Å². The quantitative estimate of drug-likeness (QED) is 0.450. The average molecular weight is 458 g/mol. The lowest BCUT2D eigenvalue weighted by Gasteiger charge is -2.13. The van der Waals surface area contributed by atoms with Gasteiger partial charge in [-0.2, -0.15) is 19.9 Å². The fourth-order valence-electron chi connectivity index (χ4n) is 2.60. The fraction of sp³-hybridized carbons (Fsp3) is 0.286. The van der Waals surface area contributed by atoms with Crippen LogP contribution in [0.5, 0.6) is 47.0 Å². The minimum atomic E-state index is -1.32. The number of ether oxygens (including phenoxy) is 6. The normalized spacial score (nSPS) is 10.3. The molecule has 12 nitrogen and oxygen atoms in total. The zero-order valence-electron chi connectivity index (χ0n) is 18.4. The summed E-state index contributed by atoms with van der Waals surface area (Å²) in [6.07, 6.45) is 0. The number of aromatic nitrogens is 4. The fourth-order valence-corrected chi connectivity index (χ4v) is 2.60. The molecule has 12 heteroatoms. The predicted molar refractivity (Wildman–Crippen MR) is 113 cm³/mol. The van der Waals surface area contributed by atoms with Gasteiger partial charge in [0.2, 0.25) is 23.5 Å². The van der Waals surface area contributed by atoms with Gasteiger partial charge in [-0.05, 0) is 26.0 Å². The van der Waals surface area contributed by atoms with E-state index in [9.17, 15) is 9.90 Å². The summed E-state index contributed by atoms with van der Waals surface area (Å²) in [4.78, 5) is 28.4. The second-order valence-electron chi connectivity index (χ2n) is 6.07. The van der Waals surface area contributed by atoms with Crippen LogP contribution in [0.3, 0.4) is 0 Å². The highest BCUT2D eigenvalue weighted by Crippen LogP contribution is 2.34. The number of aromatic carboxylic acids is 1. The van der Waals surface area contributed by atoms with Crippen molar-refractivity contribution >= 4 is 5.97 Å². The Labute approximate surface area is 189 Å². The van der Waals surface area contributed by atoms with E-state index in [-0.39, 0.29) is 52.6 Å². The molecule has 0 aliphatic rings. The van der Waals surface area contributed by atoms with E-state index in [0.29, 0.717) is 13.2 Å². The highest BCUT2D eigenvalue weighted by molar-refractivity contribution is 5.94. The first kappa shape index (κ1) is 23.3. The van der Waals surface area contributed by atoms with Crippen LogP contribution in [0.4, 0.5) is 0 Å². The van der Waals surface area contributed by atoms with Crippen LogP contribution in [-0.4, -0.2) is 58.4 Å². The molecule has 0 saturated carbocycles. The lowest BCUT2D eigenvalue weighted by atomic mass is 10.2. The van der Waals surface area contributed by atoms with Crippen LogP contribution in [0.15, 0.2) is 30.3 Å². The summed E-state index contributed by atoms with van der Waals surface area (Å²) in [6, 6.07) is 7.00. The van der Waals surface area contributed by atoms with E-state index in [2.05, 4.69) is 19.9 Å². The van der Waals surface area contributed by atoms with E-state index >= 15 is 0 Å². The van der Waals surface area contributed by atoms with E-state index in [1.54, 1.807) is 13.8 Å². The van der Waals surface area contributed by atoms with Gasteiger partial charge < -0.3 is 33.5 Å². The summed E-state index contributed by atoms with van der Waals surface area (Å²) >= 11 is 0. The Morgan fingerprint density at radius 2 is 1.21 bits per heavy atom. The van der Waals surface area contributed by atoms with Crippen molar-refractivity contribution in [3.8, 4) is 47.0 Å². The number of benzene rings is 1. The molecule has 3 rings (SSSR count). The summed E-state index contributed by atoms with van der Waals surface area (Å²) in [5.74, 6) is -0.704. The molecule has 0 spiro atoms. The van der Waals surface area contributed by atoms with Crippen LogP contribution in [0.1, 0.15) is 24.2 Å². The number of rotatable bonds is 11. The first-order chi connectivity index (χ1) is 16.0. The third-order valence-corrected chi connectivity index (χ3v) is 3.92. The van der Waals surface area contributed by atoms with Crippen molar-refractivity contribution in [2.75, 3.05) is 27.4 Å².